The molecule has 1 aromatic heterocycles. The Morgan fingerprint density at radius 1 is 1.09 bits per heavy atom. The number of carbonyl (C=O) groups is 3. The van der Waals surface area contributed by atoms with Gasteiger partial charge >= 0.3 is 0 Å². The Morgan fingerprint density at radius 2 is 1.79 bits per heavy atom. The van der Waals surface area contributed by atoms with Crippen LogP contribution < -0.4 is 15.5 Å². The first kappa shape index (κ1) is 24.3. The molecule has 178 valence electrons. The predicted octanol–water partition coefficient (Wildman–Crippen LogP) is 2.36. The van der Waals surface area contributed by atoms with Crippen LogP contribution in [-0.4, -0.2) is 68.1 Å². The van der Waals surface area contributed by atoms with Gasteiger partial charge in [-0.2, -0.15) is 0 Å². The summed E-state index contributed by atoms with van der Waals surface area (Å²) in [6.07, 6.45) is 1.40. The lowest BCUT2D eigenvalue weighted by Crippen LogP contribution is -2.52. The number of anilines is 2. The van der Waals surface area contributed by atoms with Crippen molar-refractivity contribution in [1.29, 1.82) is 0 Å². The zero-order valence-electron chi connectivity index (χ0n) is 19.4. The molecule has 2 aromatic rings. The highest BCUT2D eigenvalue weighted by Gasteiger charge is 2.30. The molecule has 0 unspecified atom stereocenters. The van der Waals surface area contributed by atoms with E-state index in [1.54, 1.807) is 13.0 Å². The number of likely N-dealkylation sites (N-methyl/N-ethyl adjacent to an activating group) is 1. The zero-order chi connectivity index (χ0) is 23.8. The topological polar surface area (TPSA) is 104 Å². The number of nitrogens with one attached hydrogen (secondary N) is 2. The maximum Gasteiger partial charge on any atom is 0.287 e. The van der Waals surface area contributed by atoms with Crippen molar-refractivity contribution in [3.05, 3.63) is 48.4 Å². The van der Waals surface area contributed by atoms with E-state index in [0.717, 1.165) is 18.8 Å². The fourth-order valence-corrected chi connectivity index (χ4v) is 3.63. The molecule has 2 N–H and O–H groups in total. The quantitative estimate of drug-likeness (QED) is 0.600. The van der Waals surface area contributed by atoms with E-state index < -0.39 is 11.9 Å². The predicted molar refractivity (Wildman–Crippen MR) is 125 cm³/mol. The summed E-state index contributed by atoms with van der Waals surface area (Å²) in [4.78, 5) is 41.8. The van der Waals surface area contributed by atoms with Gasteiger partial charge < -0.3 is 29.6 Å². The number of furan rings is 1. The molecule has 9 nitrogen and oxygen atoms in total. The van der Waals surface area contributed by atoms with Crippen molar-refractivity contribution in [2.24, 2.45) is 5.92 Å². The maximum absolute atomic E-state index is 13.1. The van der Waals surface area contributed by atoms with Gasteiger partial charge in [0.15, 0.2) is 5.76 Å². The first-order valence-electron chi connectivity index (χ1n) is 11.2. The standard InChI is InChI=1S/C24H32N4O5/c1-4-27(24(31)22(17(2)3)26-23(30)20-6-5-13-33-20)16-21(29)25-18-7-9-19(10-8-18)28-11-14-32-15-12-28/h5-10,13,17,22H,4,11-12,14-16H2,1-3H3,(H,25,29)(H,26,30)/t22-/m0/s1. The first-order valence-corrected chi connectivity index (χ1v) is 11.2. The number of morpholine rings is 1. The Morgan fingerprint density at radius 3 is 2.36 bits per heavy atom. The van der Waals surface area contributed by atoms with Crippen LogP contribution in [0.3, 0.4) is 0 Å². The lowest BCUT2D eigenvalue weighted by atomic mass is 10.0. The number of rotatable bonds is 9. The van der Waals surface area contributed by atoms with Gasteiger partial charge in [-0.15, -0.1) is 0 Å². The molecule has 0 bridgehead atoms. The van der Waals surface area contributed by atoms with Gasteiger partial charge in [0.25, 0.3) is 5.91 Å². The van der Waals surface area contributed by atoms with Crippen LogP contribution in [0.4, 0.5) is 11.4 Å². The highest BCUT2D eigenvalue weighted by molar-refractivity contribution is 5.98. The second kappa shape index (κ2) is 11.5. The van der Waals surface area contributed by atoms with Crippen molar-refractivity contribution in [3.8, 4) is 0 Å². The smallest absolute Gasteiger partial charge is 0.287 e. The van der Waals surface area contributed by atoms with E-state index in [9.17, 15) is 14.4 Å². The molecule has 1 aliphatic heterocycles. The average molecular weight is 457 g/mol. The number of benzene rings is 1. The molecule has 1 atom stereocenters. The van der Waals surface area contributed by atoms with Gasteiger partial charge in [0, 0.05) is 31.0 Å². The molecule has 0 spiro atoms. The van der Waals surface area contributed by atoms with Gasteiger partial charge in [0.2, 0.25) is 11.8 Å². The van der Waals surface area contributed by atoms with Crippen LogP contribution in [0.2, 0.25) is 0 Å². The minimum Gasteiger partial charge on any atom is -0.459 e. The number of amides is 3. The molecule has 1 fully saturated rings. The van der Waals surface area contributed by atoms with E-state index in [2.05, 4.69) is 15.5 Å². The summed E-state index contributed by atoms with van der Waals surface area (Å²) in [6.45, 7) is 8.80. The van der Waals surface area contributed by atoms with Crippen LogP contribution in [0.5, 0.6) is 0 Å². The van der Waals surface area contributed by atoms with Crippen LogP contribution >= 0.6 is 0 Å². The lowest BCUT2D eigenvalue weighted by molar-refractivity contribution is -0.137. The largest absolute Gasteiger partial charge is 0.459 e. The second-order valence-corrected chi connectivity index (χ2v) is 8.22. The molecule has 0 aliphatic carbocycles. The Hall–Kier alpha value is -3.33. The summed E-state index contributed by atoms with van der Waals surface area (Å²) in [6, 6.07) is 9.99. The average Bonchev–Trinajstić information content (AvgIpc) is 3.36. The summed E-state index contributed by atoms with van der Waals surface area (Å²) >= 11 is 0. The molecule has 2 heterocycles. The van der Waals surface area contributed by atoms with E-state index in [-0.39, 0.29) is 30.0 Å². The monoisotopic (exact) mass is 456 g/mol. The van der Waals surface area contributed by atoms with E-state index in [0.29, 0.717) is 25.4 Å². The summed E-state index contributed by atoms with van der Waals surface area (Å²) < 4.78 is 10.5. The fourth-order valence-electron chi connectivity index (χ4n) is 3.63. The maximum atomic E-state index is 13.1. The number of carbonyl (C=O) groups excluding carboxylic acids is 3. The first-order chi connectivity index (χ1) is 15.9. The van der Waals surface area contributed by atoms with Crippen LogP contribution in [0.1, 0.15) is 31.3 Å². The van der Waals surface area contributed by atoms with Crippen LogP contribution in [0.15, 0.2) is 47.1 Å². The van der Waals surface area contributed by atoms with E-state index in [1.165, 1.54) is 17.2 Å². The molecule has 33 heavy (non-hydrogen) atoms. The van der Waals surface area contributed by atoms with Crippen molar-refractivity contribution in [1.82, 2.24) is 10.2 Å². The van der Waals surface area contributed by atoms with Crippen LogP contribution in [0, 0.1) is 5.92 Å². The van der Waals surface area contributed by atoms with Gasteiger partial charge in [-0.25, -0.2) is 0 Å². The third kappa shape index (κ3) is 6.58. The molecule has 1 aromatic carbocycles. The van der Waals surface area contributed by atoms with E-state index in [4.69, 9.17) is 9.15 Å². The molecule has 0 radical (unpaired) electrons. The summed E-state index contributed by atoms with van der Waals surface area (Å²) in [5, 5.41) is 5.57. The highest BCUT2D eigenvalue weighted by atomic mass is 16.5. The normalized spacial score (nSPS) is 14.6. The molecule has 1 saturated heterocycles. The summed E-state index contributed by atoms with van der Waals surface area (Å²) in [5.74, 6) is -1.11. The zero-order valence-corrected chi connectivity index (χ0v) is 19.4. The number of nitrogens with zero attached hydrogens (tertiary/aromatic N) is 2. The van der Waals surface area contributed by atoms with Crippen LogP contribution in [0.25, 0.3) is 0 Å². The fraction of sp³-hybridized carbons (Fsp3) is 0.458. The Labute approximate surface area is 194 Å². The van der Waals surface area contributed by atoms with Crippen molar-refractivity contribution in [3.63, 3.8) is 0 Å². The molecule has 3 amide bonds. The Balaban J connectivity index is 1.58. The molecule has 9 heteroatoms. The highest BCUT2D eigenvalue weighted by Crippen LogP contribution is 2.19. The molecule has 0 saturated carbocycles. The van der Waals surface area contributed by atoms with Gasteiger partial charge in [-0.1, -0.05) is 13.8 Å². The van der Waals surface area contributed by atoms with E-state index in [1.807, 2.05) is 38.1 Å². The molecule has 1 aliphatic rings. The minimum atomic E-state index is -0.775. The second-order valence-electron chi connectivity index (χ2n) is 8.22. The van der Waals surface area contributed by atoms with Crippen LogP contribution in [-0.2, 0) is 14.3 Å². The van der Waals surface area contributed by atoms with Gasteiger partial charge in [-0.3, -0.25) is 14.4 Å². The number of ether oxygens (including phenoxy) is 1. The van der Waals surface area contributed by atoms with Crippen molar-refractivity contribution in [2.75, 3.05) is 49.6 Å². The third-order valence-electron chi connectivity index (χ3n) is 5.52. The third-order valence-corrected chi connectivity index (χ3v) is 5.52. The Kier molecular flexibility index (Phi) is 8.48. The number of hydrogen-bond donors (Lipinski definition) is 2. The molecular formula is C24H32N4O5. The summed E-state index contributed by atoms with van der Waals surface area (Å²) in [7, 11) is 0. The van der Waals surface area contributed by atoms with Crippen molar-refractivity contribution in [2.45, 2.75) is 26.8 Å². The van der Waals surface area contributed by atoms with Crippen molar-refractivity contribution >= 4 is 29.1 Å². The van der Waals surface area contributed by atoms with Gasteiger partial charge in [-0.05, 0) is 49.2 Å². The van der Waals surface area contributed by atoms with Gasteiger partial charge in [0.05, 0.1) is 26.0 Å². The minimum absolute atomic E-state index is 0.111. The summed E-state index contributed by atoms with van der Waals surface area (Å²) in [5.41, 5.74) is 1.74. The Bertz CT molecular complexity index is 921. The molecule has 3 rings (SSSR count). The lowest BCUT2D eigenvalue weighted by Gasteiger charge is -2.29. The molecular weight excluding hydrogens is 424 g/mol. The SMILES string of the molecule is CCN(CC(=O)Nc1ccc(N2CCOCC2)cc1)C(=O)[C@@H](NC(=O)c1ccco1)C(C)C. The number of hydrogen-bond acceptors (Lipinski definition) is 6. The van der Waals surface area contributed by atoms with Gasteiger partial charge in [0.1, 0.15) is 6.04 Å². The van der Waals surface area contributed by atoms with Crippen molar-refractivity contribution < 1.29 is 23.5 Å². The van der Waals surface area contributed by atoms with E-state index >= 15 is 0 Å².